The maximum absolute atomic E-state index is 3.74. The van der Waals surface area contributed by atoms with E-state index in [1.807, 2.05) is 0 Å². The van der Waals surface area contributed by atoms with Crippen molar-refractivity contribution in [2.45, 2.75) is 31.6 Å². The number of thioether (sulfide) groups is 2. The summed E-state index contributed by atoms with van der Waals surface area (Å²) in [5.41, 5.74) is 2.80. The molecule has 100 valence electrons. The molecule has 0 amide bonds. The van der Waals surface area contributed by atoms with Gasteiger partial charge in [-0.1, -0.05) is 36.8 Å². The van der Waals surface area contributed by atoms with Gasteiger partial charge in [0.05, 0.1) is 0 Å². The van der Waals surface area contributed by atoms with Crippen LogP contribution in [0.1, 0.15) is 30.5 Å². The smallest absolute Gasteiger partial charge is 0.0448 e. The molecule has 2 atom stereocenters. The summed E-state index contributed by atoms with van der Waals surface area (Å²) in [5, 5.41) is 4.46. The van der Waals surface area contributed by atoms with Gasteiger partial charge >= 0.3 is 0 Å². The molecular formula is C15H23NS2. The minimum absolute atomic E-state index is 0.517. The Labute approximate surface area is 120 Å². The van der Waals surface area contributed by atoms with Crippen LogP contribution in [0.25, 0.3) is 0 Å². The number of nitrogens with one attached hydrogen (secondary N) is 1. The lowest BCUT2D eigenvalue weighted by atomic mass is 10.0. The highest BCUT2D eigenvalue weighted by Gasteiger charge is 2.25. The second-order valence-electron chi connectivity index (χ2n) is 4.83. The van der Waals surface area contributed by atoms with Gasteiger partial charge in [-0.05, 0) is 25.5 Å². The molecule has 18 heavy (non-hydrogen) atoms. The Kier molecular flexibility index (Phi) is 5.93. The number of rotatable bonds is 5. The van der Waals surface area contributed by atoms with E-state index in [1.165, 1.54) is 34.8 Å². The number of hydrogen-bond donors (Lipinski definition) is 1. The standard InChI is InChI=1S/C15H23NS2/c1-3-8-16-15(14-11-17-9-10-18-14)13-6-4-12(2)5-7-13/h4-7,14-16H,3,8-11H2,1-2H3. The highest BCUT2D eigenvalue weighted by atomic mass is 32.2. The summed E-state index contributed by atoms with van der Waals surface area (Å²) in [5.74, 6) is 3.89. The normalized spacial score (nSPS) is 21.8. The lowest BCUT2D eigenvalue weighted by Crippen LogP contribution is -2.34. The van der Waals surface area contributed by atoms with Crippen LogP contribution in [0.3, 0.4) is 0 Å². The fourth-order valence-corrected chi connectivity index (χ4v) is 5.11. The highest BCUT2D eigenvalue weighted by molar-refractivity contribution is 8.06. The summed E-state index contributed by atoms with van der Waals surface area (Å²) < 4.78 is 0. The quantitative estimate of drug-likeness (QED) is 0.879. The summed E-state index contributed by atoms with van der Waals surface area (Å²) in [7, 11) is 0. The minimum atomic E-state index is 0.517. The van der Waals surface area contributed by atoms with E-state index < -0.39 is 0 Å². The summed E-state index contributed by atoms with van der Waals surface area (Å²) in [6.07, 6.45) is 1.20. The minimum Gasteiger partial charge on any atom is -0.309 e. The Morgan fingerprint density at radius 1 is 1.28 bits per heavy atom. The van der Waals surface area contributed by atoms with E-state index in [0.717, 1.165) is 11.8 Å². The Bertz CT molecular complexity index is 344. The lowest BCUT2D eigenvalue weighted by molar-refractivity contribution is 0.530. The molecule has 2 unspecified atom stereocenters. The molecule has 1 aliphatic rings. The van der Waals surface area contributed by atoms with E-state index in [0.29, 0.717) is 6.04 Å². The fraction of sp³-hybridized carbons (Fsp3) is 0.600. The van der Waals surface area contributed by atoms with E-state index in [2.05, 4.69) is 67.0 Å². The molecule has 1 heterocycles. The average molecular weight is 281 g/mol. The topological polar surface area (TPSA) is 12.0 Å². The molecule has 0 radical (unpaired) electrons. The van der Waals surface area contributed by atoms with Crippen molar-refractivity contribution in [1.29, 1.82) is 0 Å². The van der Waals surface area contributed by atoms with Crippen molar-refractivity contribution >= 4 is 23.5 Å². The molecule has 0 bridgehead atoms. The summed E-state index contributed by atoms with van der Waals surface area (Å²) in [6.45, 7) is 5.51. The summed E-state index contributed by atoms with van der Waals surface area (Å²) in [6, 6.07) is 9.57. The van der Waals surface area contributed by atoms with Crippen LogP contribution in [-0.4, -0.2) is 29.1 Å². The predicted octanol–water partition coefficient (Wildman–Crippen LogP) is 3.88. The summed E-state index contributed by atoms with van der Waals surface area (Å²) >= 11 is 4.24. The molecule has 0 aromatic heterocycles. The highest BCUT2D eigenvalue weighted by Crippen LogP contribution is 2.33. The second kappa shape index (κ2) is 7.46. The van der Waals surface area contributed by atoms with Gasteiger partial charge in [-0.25, -0.2) is 0 Å². The van der Waals surface area contributed by atoms with Crippen molar-refractivity contribution in [2.24, 2.45) is 0 Å². The van der Waals surface area contributed by atoms with Crippen LogP contribution in [0.4, 0.5) is 0 Å². The van der Waals surface area contributed by atoms with Crippen LogP contribution in [0.15, 0.2) is 24.3 Å². The first-order chi connectivity index (χ1) is 8.81. The van der Waals surface area contributed by atoms with Gasteiger partial charge in [0, 0.05) is 28.6 Å². The molecule has 0 aliphatic carbocycles. The van der Waals surface area contributed by atoms with E-state index in [9.17, 15) is 0 Å². The molecular weight excluding hydrogens is 258 g/mol. The van der Waals surface area contributed by atoms with Gasteiger partial charge in [0.2, 0.25) is 0 Å². The Morgan fingerprint density at radius 3 is 2.67 bits per heavy atom. The largest absolute Gasteiger partial charge is 0.309 e. The van der Waals surface area contributed by atoms with Gasteiger partial charge in [0.1, 0.15) is 0 Å². The first-order valence-electron chi connectivity index (χ1n) is 6.80. The van der Waals surface area contributed by atoms with E-state index in [-0.39, 0.29) is 0 Å². The molecule has 1 fully saturated rings. The van der Waals surface area contributed by atoms with Crippen LogP contribution in [0, 0.1) is 6.92 Å². The van der Waals surface area contributed by atoms with Gasteiger partial charge in [-0.2, -0.15) is 23.5 Å². The first kappa shape index (κ1) is 14.3. The third-order valence-electron chi connectivity index (χ3n) is 3.26. The molecule has 1 aliphatic heterocycles. The SMILES string of the molecule is CCCNC(c1ccc(C)cc1)C1CSCCS1. The molecule has 1 N–H and O–H groups in total. The van der Waals surface area contributed by atoms with Crippen LogP contribution in [-0.2, 0) is 0 Å². The molecule has 0 saturated carbocycles. The van der Waals surface area contributed by atoms with Crippen LogP contribution in [0.5, 0.6) is 0 Å². The van der Waals surface area contributed by atoms with Gasteiger partial charge in [-0.3, -0.25) is 0 Å². The van der Waals surface area contributed by atoms with Gasteiger partial charge < -0.3 is 5.32 Å². The zero-order chi connectivity index (χ0) is 12.8. The molecule has 1 aromatic rings. The predicted molar refractivity (Wildman–Crippen MR) is 85.8 cm³/mol. The Morgan fingerprint density at radius 2 is 2.06 bits per heavy atom. The van der Waals surface area contributed by atoms with Crippen molar-refractivity contribution in [2.75, 3.05) is 23.8 Å². The number of aryl methyl sites for hydroxylation is 1. The molecule has 2 rings (SSSR count). The van der Waals surface area contributed by atoms with E-state index in [1.54, 1.807) is 0 Å². The molecule has 0 spiro atoms. The maximum atomic E-state index is 3.74. The van der Waals surface area contributed by atoms with E-state index >= 15 is 0 Å². The fourth-order valence-electron chi connectivity index (χ4n) is 2.24. The van der Waals surface area contributed by atoms with Crippen molar-refractivity contribution in [3.05, 3.63) is 35.4 Å². The Hall–Kier alpha value is -0.120. The van der Waals surface area contributed by atoms with Crippen LogP contribution < -0.4 is 5.32 Å². The van der Waals surface area contributed by atoms with Crippen molar-refractivity contribution < 1.29 is 0 Å². The molecule has 1 nitrogen and oxygen atoms in total. The third-order valence-corrected chi connectivity index (χ3v) is 6.13. The monoisotopic (exact) mass is 281 g/mol. The van der Waals surface area contributed by atoms with Crippen LogP contribution in [0.2, 0.25) is 0 Å². The van der Waals surface area contributed by atoms with Gasteiger partial charge in [-0.15, -0.1) is 0 Å². The van der Waals surface area contributed by atoms with Crippen molar-refractivity contribution in [3.8, 4) is 0 Å². The number of hydrogen-bond acceptors (Lipinski definition) is 3. The van der Waals surface area contributed by atoms with Gasteiger partial charge in [0.25, 0.3) is 0 Å². The molecule has 1 saturated heterocycles. The zero-order valence-electron chi connectivity index (χ0n) is 11.3. The summed E-state index contributed by atoms with van der Waals surface area (Å²) in [4.78, 5) is 0. The number of benzene rings is 1. The molecule has 1 aromatic carbocycles. The Balaban J connectivity index is 2.10. The average Bonchev–Trinajstić information content (AvgIpc) is 2.42. The second-order valence-corrected chi connectivity index (χ2v) is 7.32. The van der Waals surface area contributed by atoms with Gasteiger partial charge in [0.15, 0.2) is 0 Å². The molecule has 3 heteroatoms. The van der Waals surface area contributed by atoms with Crippen molar-refractivity contribution in [1.82, 2.24) is 5.32 Å². The van der Waals surface area contributed by atoms with Crippen LogP contribution >= 0.6 is 23.5 Å². The third kappa shape index (κ3) is 3.94. The maximum Gasteiger partial charge on any atom is 0.0448 e. The first-order valence-corrected chi connectivity index (χ1v) is 9.01. The lowest BCUT2D eigenvalue weighted by Gasteiger charge is -2.30. The zero-order valence-corrected chi connectivity index (χ0v) is 12.9. The van der Waals surface area contributed by atoms with Crippen molar-refractivity contribution in [3.63, 3.8) is 0 Å². The van der Waals surface area contributed by atoms with E-state index in [4.69, 9.17) is 0 Å².